The molecule has 0 N–H and O–H groups in total. The minimum atomic E-state index is -4.65. The number of hydrogen-bond donors (Lipinski definition) is 0. The number of rotatable bonds is 2. The van der Waals surface area contributed by atoms with Gasteiger partial charge in [0.25, 0.3) is 5.56 Å². The van der Waals surface area contributed by atoms with Crippen LogP contribution in [0.2, 0.25) is 0 Å². The second-order valence-electron chi connectivity index (χ2n) is 4.99. The van der Waals surface area contributed by atoms with E-state index < -0.39 is 17.4 Å². The molecule has 22 heavy (non-hydrogen) atoms. The fraction of sp³-hybridized carbons (Fsp3) is 0.200. The zero-order chi connectivity index (χ0) is 15.9. The molecule has 1 aromatic carbocycles. The molecule has 0 saturated carbocycles. The Morgan fingerprint density at radius 1 is 1.18 bits per heavy atom. The molecule has 0 aliphatic heterocycles. The summed E-state index contributed by atoms with van der Waals surface area (Å²) in [6, 6.07) is 9.78. The minimum Gasteiger partial charge on any atom is -0.310 e. The number of nitrogens with zero attached hydrogens (tertiary/aromatic N) is 3. The molecule has 0 unspecified atom stereocenters. The van der Waals surface area contributed by atoms with Crippen molar-refractivity contribution in [3.8, 4) is 0 Å². The van der Waals surface area contributed by atoms with Gasteiger partial charge in [0.2, 0.25) is 5.78 Å². The summed E-state index contributed by atoms with van der Waals surface area (Å²) in [5.74, 6) is -0.0128. The quantitative estimate of drug-likeness (QED) is 0.730. The van der Waals surface area contributed by atoms with Gasteiger partial charge in [-0.05, 0) is 12.5 Å². The number of alkyl halides is 3. The Morgan fingerprint density at radius 3 is 2.50 bits per heavy atom. The van der Waals surface area contributed by atoms with Gasteiger partial charge in [0.1, 0.15) is 0 Å². The molecule has 0 bridgehead atoms. The maximum atomic E-state index is 12.8. The summed E-state index contributed by atoms with van der Waals surface area (Å²) in [6.45, 7) is 2.07. The van der Waals surface area contributed by atoms with Crippen LogP contribution in [-0.2, 0) is 12.7 Å². The SMILES string of the molecule is Cc1cn2c(=O)cc(C(F)(F)F)nc2n1Cc1ccccc1. The van der Waals surface area contributed by atoms with Gasteiger partial charge in [0, 0.05) is 18.0 Å². The molecule has 114 valence electrons. The topological polar surface area (TPSA) is 39.3 Å². The molecule has 2 heterocycles. The van der Waals surface area contributed by atoms with Crippen molar-refractivity contribution < 1.29 is 13.2 Å². The van der Waals surface area contributed by atoms with E-state index in [0.29, 0.717) is 18.3 Å². The van der Waals surface area contributed by atoms with Gasteiger partial charge in [-0.3, -0.25) is 9.20 Å². The van der Waals surface area contributed by atoms with Gasteiger partial charge in [0.05, 0.1) is 6.54 Å². The number of hydrogen-bond acceptors (Lipinski definition) is 2. The number of imidazole rings is 1. The molecule has 0 atom stereocenters. The van der Waals surface area contributed by atoms with E-state index in [4.69, 9.17) is 0 Å². The Kier molecular flexibility index (Phi) is 3.27. The molecule has 0 saturated heterocycles. The summed E-state index contributed by atoms with van der Waals surface area (Å²) in [4.78, 5) is 15.5. The Balaban J connectivity index is 2.20. The number of aryl methyl sites for hydroxylation is 1. The Labute approximate surface area is 123 Å². The van der Waals surface area contributed by atoms with Crippen LogP contribution in [0.4, 0.5) is 13.2 Å². The maximum absolute atomic E-state index is 12.8. The third-order valence-electron chi connectivity index (χ3n) is 3.39. The van der Waals surface area contributed by atoms with Gasteiger partial charge >= 0.3 is 6.18 Å². The van der Waals surface area contributed by atoms with Crippen LogP contribution in [-0.4, -0.2) is 14.0 Å². The molecule has 0 fully saturated rings. The third-order valence-corrected chi connectivity index (χ3v) is 3.39. The van der Waals surface area contributed by atoms with Crippen LogP contribution in [0, 0.1) is 6.92 Å². The fourth-order valence-corrected chi connectivity index (χ4v) is 2.31. The van der Waals surface area contributed by atoms with Crippen molar-refractivity contribution in [3.63, 3.8) is 0 Å². The zero-order valence-corrected chi connectivity index (χ0v) is 11.6. The third kappa shape index (κ3) is 2.49. The summed E-state index contributed by atoms with van der Waals surface area (Å²) in [5, 5.41) is 0. The van der Waals surface area contributed by atoms with Crippen LogP contribution in [0.15, 0.2) is 47.4 Å². The predicted molar refractivity (Wildman–Crippen MR) is 74.7 cm³/mol. The largest absolute Gasteiger partial charge is 0.433 e. The Hall–Kier alpha value is -2.57. The van der Waals surface area contributed by atoms with Crippen LogP contribution in [0.3, 0.4) is 0 Å². The molecular weight excluding hydrogens is 295 g/mol. The molecule has 4 nitrogen and oxygen atoms in total. The highest BCUT2D eigenvalue weighted by Gasteiger charge is 2.34. The van der Waals surface area contributed by atoms with Gasteiger partial charge < -0.3 is 4.57 Å². The lowest BCUT2D eigenvalue weighted by Crippen LogP contribution is -2.20. The number of halogens is 3. The van der Waals surface area contributed by atoms with Crippen LogP contribution in [0.25, 0.3) is 5.78 Å². The van der Waals surface area contributed by atoms with Crippen LogP contribution >= 0.6 is 0 Å². The highest BCUT2D eigenvalue weighted by atomic mass is 19.4. The van der Waals surface area contributed by atoms with E-state index >= 15 is 0 Å². The summed E-state index contributed by atoms with van der Waals surface area (Å²) < 4.78 is 41.2. The van der Waals surface area contributed by atoms with E-state index in [0.717, 1.165) is 9.96 Å². The lowest BCUT2D eigenvalue weighted by Gasteiger charge is -2.09. The van der Waals surface area contributed by atoms with Gasteiger partial charge in [-0.25, -0.2) is 4.98 Å². The number of fused-ring (bicyclic) bond motifs is 1. The van der Waals surface area contributed by atoms with Crippen molar-refractivity contribution in [2.24, 2.45) is 0 Å². The zero-order valence-electron chi connectivity index (χ0n) is 11.6. The first-order chi connectivity index (χ1) is 10.4. The van der Waals surface area contributed by atoms with Crippen LogP contribution < -0.4 is 5.56 Å². The van der Waals surface area contributed by atoms with E-state index in [1.165, 1.54) is 6.20 Å². The van der Waals surface area contributed by atoms with Gasteiger partial charge in [-0.1, -0.05) is 30.3 Å². The van der Waals surface area contributed by atoms with Gasteiger partial charge in [0.15, 0.2) is 5.69 Å². The summed E-state index contributed by atoms with van der Waals surface area (Å²) in [7, 11) is 0. The predicted octanol–water partition coefficient (Wildman–Crippen LogP) is 2.87. The van der Waals surface area contributed by atoms with Crippen molar-refractivity contribution in [1.82, 2.24) is 14.0 Å². The van der Waals surface area contributed by atoms with Crippen LogP contribution in [0.1, 0.15) is 17.0 Å². The molecule has 3 aromatic rings. The Morgan fingerprint density at radius 2 is 1.86 bits per heavy atom. The summed E-state index contributed by atoms with van der Waals surface area (Å²) in [6.07, 6.45) is -3.16. The van der Waals surface area contributed by atoms with Crippen molar-refractivity contribution in [2.45, 2.75) is 19.6 Å². The molecule has 0 amide bonds. The molecule has 7 heteroatoms. The average Bonchev–Trinajstić information content (AvgIpc) is 2.77. The highest BCUT2D eigenvalue weighted by Crippen LogP contribution is 2.27. The van der Waals surface area contributed by atoms with E-state index in [9.17, 15) is 18.0 Å². The highest BCUT2D eigenvalue weighted by molar-refractivity contribution is 5.36. The average molecular weight is 307 g/mol. The molecular formula is C15H12F3N3O. The van der Waals surface area contributed by atoms with E-state index in [1.54, 1.807) is 11.5 Å². The standard InChI is InChI=1S/C15H12F3N3O/c1-10-8-21-13(22)7-12(15(16,17)18)19-14(21)20(10)9-11-5-3-2-4-6-11/h2-8H,9H2,1H3. The van der Waals surface area contributed by atoms with E-state index in [2.05, 4.69) is 4.98 Å². The van der Waals surface area contributed by atoms with Gasteiger partial charge in [-0.2, -0.15) is 13.2 Å². The first-order valence-electron chi connectivity index (χ1n) is 6.57. The number of benzene rings is 1. The minimum absolute atomic E-state index is 0.0128. The lowest BCUT2D eigenvalue weighted by atomic mass is 10.2. The lowest BCUT2D eigenvalue weighted by molar-refractivity contribution is -0.141. The van der Waals surface area contributed by atoms with Crippen LogP contribution in [0.5, 0.6) is 0 Å². The molecule has 0 aliphatic carbocycles. The summed E-state index contributed by atoms with van der Waals surface area (Å²) in [5.41, 5.74) is -0.347. The second-order valence-corrected chi connectivity index (χ2v) is 4.99. The van der Waals surface area contributed by atoms with Crippen molar-refractivity contribution in [3.05, 3.63) is 69.9 Å². The monoisotopic (exact) mass is 307 g/mol. The summed E-state index contributed by atoms with van der Waals surface area (Å²) >= 11 is 0. The number of aromatic nitrogens is 3. The molecule has 3 rings (SSSR count). The molecule has 0 spiro atoms. The van der Waals surface area contributed by atoms with Crippen molar-refractivity contribution in [2.75, 3.05) is 0 Å². The smallest absolute Gasteiger partial charge is 0.310 e. The van der Waals surface area contributed by atoms with Crippen molar-refractivity contribution >= 4 is 5.78 Å². The maximum Gasteiger partial charge on any atom is 0.433 e. The first kappa shape index (κ1) is 14.4. The Bertz CT molecular complexity index is 879. The van der Waals surface area contributed by atoms with E-state index in [-0.39, 0.29) is 5.78 Å². The fourth-order valence-electron chi connectivity index (χ4n) is 2.31. The van der Waals surface area contributed by atoms with Gasteiger partial charge in [-0.15, -0.1) is 0 Å². The molecule has 0 radical (unpaired) electrons. The second kappa shape index (κ2) is 5.01. The molecule has 2 aromatic heterocycles. The molecule has 0 aliphatic rings. The first-order valence-corrected chi connectivity index (χ1v) is 6.57. The van der Waals surface area contributed by atoms with E-state index in [1.807, 2.05) is 30.3 Å². The normalized spacial score (nSPS) is 12.0. The van der Waals surface area contributed by atoms with Crippen molar-refractivity contribution in [1.29, 1.82) is 0 Å².